The predicted octanol–water partition coefficient (Wildman–Crippen LogP) is 2.48. The van der Waals surface area contributed by atoms with E-state index in [0.717, 1.165) is 42.9 Å². The highest BCUT2D eigenvalue weighted by molar-refractivity contribution is 5.62. The van der Waals surface area contributed by atoms with Crippen molar-refractivity contribution < 1.29 is 4.52 Å². The maximum atomic E-state index is 5.63. The smallest absolute Gasteiger partial charge is 0.324 e. The second kappa shape index (κ2) is 7.79. The van der Waals surface area contributed by atoms with E-state index in [-0.39, 0.29) is 17.3 Å². The molecule has 0 radical (unpaired) electrons. The molecule has 0 spiro atoms. The van der Waals surface area contributed by atoms with Crippen molar-refractivity contribution in [1.82, 2.24) is 25.4 Å². The first-order chi connectivity index (χ1) is 14.0. The van der Waals surface area contributed by atoms with Crippen LogP contribution in [0.3, 0.4) is 0 Å². The average Bonchev–Trinajstić information content (AvgIpc) is 3.25. The van der Waals surface area contributed by atoms with Crippen LogP contribution in [0.4, 0.5) is 12.0 Å². The van der Waals surface area contributed by atoms with E-state index in [1.807, 2.05) is 0 Å². The van der Waals surface area contributed by atoms with Crippen LogP contribution in [0.1, 0.15) is 32.2 Å². The van der Waals surface area contributed by atoms with Crippen LogP contribution in [-0.4, -0.2) is 46.3 Å². The van der Waals surface area contributed by atoms with E-state index < -0.39 is 0 Å². The molecule has 1 aromatic carbocycles. The van der Waals surface area contributed by atoms with Crippen molar-refractivity contribution in [3.63, 3.8) is 0 Å². The van der Waals surface area contributed by atoms with Crippen molar-refractivity contribution >= 4 is 12.0 Å². The summed E-state index contributed by atoms with van der Waals surface area (Å²) in [7, 11) is 0. The molecule has 1 atom stereocenters. The van der Waals surface area contributed by atoms with Gasteiger partial charge in [-0.15, -0.1) is 0 Å². The first-order valence-corrected chi connectivity index (χ1v) is 9.97. The van der Waals surface area contributed by atoms with Crippen LogP contribution in [-0.2, 0) is 5.41 Å². The first kappa shape index (κ1) is 19.3. The average molecular weight is 393 g/mol. The van der Waals surface area contributed by atoms with Gasteiger partial charge in [-0.1, -0.05) is 43.3 Å². The normalized spacial score (nSPS) is 16.8. The molecular weight excluding hydrogens is 366 g/mol. The zero-order valence-corrected chi connectivity index (χ0v) is 17.1. The Morgan fingerprint density at radius 1 is 1.07 bits per heavy atom. The van der Waals surface area contributed by atoms with Gasteiger partial charge in [-0.2, -0.15) is 4.98 Å². The molecule has 1 aliphatic heterocycles. The fraction of sp³-hybridized carbons (Fsp3) is 0.429. The van der Waals surface area contributed by atoms with Crippen LogP contribution in [0, 0.1) is 5.92 Å². The maximum absolute atomic E-state index is 5.63. The topological polar surface area (TPSA) is 106 Å². The maximum Gasteiger partial charge on any atom is 0.324 e. The highest BCUT2D eigenvalue weighted by atomic mass is 16.5. The molecule has 1 unspecified atom stereocenters. The number of hydrogen-bond acceptors (Lipinski definition) is 8. The third-order valence-electron chi connectivity index (χ3n) is 5.91. The summed E-state index contributed by atoms with van der Waals surface area (Å²) in [6, 6.07) is 8.98. The van der Waals surface area contributed by atoms with Crippen molar-refractivity contribution in [2.24, 2.45) is 5.92 Å². The number of piperazine rings is 1. The van der Waals surface area contributed by atoms with Crippen molar-refractivity contribution in [2.45, 2.75) is 26.2 Å². The van der Waals surface area contributed by atoms with E-state index >= 15 is 0 Å². The molecule has 0 bridgehead atoms. The number of hydrogen-bond donors (Lipinski definition) is 2. The van der Waals surface area contributed by atoms with Gasteiger partial charge in [-0.3, -0.25) is 0 Å². The fourth-order valence-corrected chi connectivity index (χ4v) is 3.63. The molecule has 0 amide bonds. The van der Waals surface area contributed by atoms with E-state index in [0.29, 0.717) is 11.8 Å². The van der Waals surface area contributed by atoms with E-state index in [9.17, 15) is 0 Å². The van der Waals surface area contributed by atoms with Crippen LogP contribution < -0.4 is 16.0 Å². The molecule has 8 heteroatoms. The van der Waals surface area contributed by atoms with Crippen LogP contribution in [0.25, 0.3) is 11.1 Å². The third kappa shape index (κ3) is 3.67. The van der Waals surface area contributed by atoms with Gasteiger partial charge in [-0.25, -0.2) is 9.97 Å². The number of nitrogen functional groups attached to an aromatic ring is 1. The zero-order chi connectivity index (χ0) is 20.4. The summed E-state index contributed by atoms with van der Waals surface area (Å²) in [6.07, 6.45) is 3.47. The molecule has 152 valence electrons. The largest absolute Gasteiger partial charge is 0.368 e. The Bertz CT molecular complexity index is 946. The van der Waals surface area contributed by atoms with E-state index in [1.54, 1.807) is 12.4 Å². The Balaban J connectivity index is 1.64. The molecular formula is C21H27N7O. The van der Waals surface area contributed by atoms with Crippen LogP contribution in [0.15, 0.2) is 41.2 Å². The van der Waals surface area contributed by atoms with Crippen molar-refractivity contribution in [3.8, 4) is 11.1 Å². The van der Waals surface area contributed by atoms with Gasteiger partial charge in [-0.05, 0) is 24.0 Å². The Morgan fingerprint density at radius 3 is 2.34 bits per heavy atom. The van der Waals surface area contributed by atoms with Gasteiger partial charge in [0.2, 0.25) is 5.95 Å². The van der Waals surface area contributed by atoms with Crippen molar-refractivity contribution in [3.05, 3.63) is 48.0 Å². The van der Waals surface area contributed by atoms with Gasteiger partial charge in [0, 0.05) is 44.1 Å². The standard InChI is InChI=1S/C21H27N7O/c1-14(2)21(3,18-26-20(29-27-18)28-10-8-23-9-11-28)17-6-4-15(5-7-17)16-12-24-19(22)25-13-16/h4-7,12-14,23H,8-11H2,1-3H3,(H2,22,24,25). The molecule has 2 aromatic heterocycles. The van der Waals surface area contributed by atoms with Gasteiger partial charge in [0.15, 0.2) is 5.82 Å². The summed E-state index contributed by atoms with van der Waals surface area (Å²) >= 11 is 0. The summed E-state index contributed by atoms with van der Waals surface area (Å²) in [5.41, 5.74) is 8.32. The van der Waals surface area contributed by atoms with Gasteiger partial charge >= 0.3 is 6.01 Å². The number of anilines is 2. The van der Waals surface area contributed by atoms with Crippen molar-refractivity contribution in [2.75, 3.05) is 36.8 Å². The molecule has 3 N–H and O–H groups in total. The number of nitrogens with zero attached hydrogens (tertiary/aromatic N) is 5. The molecule has 4 rings (SSSR count). The molecule has 1 saturated heterocycles. The summed E-state index contributed by atoms with van der Waals surface area (Å²) in [5, 5.41) is 7.71. The lowest BCUT2D eigenvalue weighted by Crippen LogP contribution is -2.43. The predicted molar refractivity (Wildman–Crippen MR) is 113 cm³/mol. The molecule has 0 saturated carbocycles. The fourth-order valence-electron chi connectivity index (χ4n) is 3.63. The molecule has 3 heterocycles. The lowest BCUT2D eigenvalue weighted by molar-refractivity contribution is 0.346. The second-order valence-corrected chi connectivity index (χ2v) is 7.90. The number of benzene rings is 1. The van der Waals surface area contributed by atoms with Gasteiger partial charge in [0.05, 0.1) is 5.41 Å². The number of aromatic nitrogens is 4. The molecule has 1 fully saturated rings. The first-order valence-electron chi connectivity index (χ1n) is 9.97. The zero-order valence-electron chi connectivity index (χ0n) is 17.1. The number of nitrogens with one attached hydrogen (secondary N) is 1. The number of rotatable bonds is 5. The van der Waals surface area contributed by atoms with E-state index in [4.69, 9.17) is 15.2 Å². The van der Waals surface area contributed by atoms with Crippen LogP contribution >= 0.6 is 0 Å². The minimum atomic E-state index is -0.369. The molecule has 29 heavy (non-hydrogen) atoms. The Labute approximate surface area is 170 Å². The van der Waals surface area contributed by atoms with Gasteiger partial charge < -0.3 is 20.5 Å². The monoisotopic (exact) mass is 393 g/mol. The minimum absolute atomic E-state index is 0.273. The lowest BCUT2D eigenvalue weighted by Gasteiger charge is -2.31. The highest BCUT2D eigenvalue weighted by Crippen LogP contribution is 2.38. The highest BCUT2D eigenvalue weighted by Gasteiger charge is 2.38. The SMILES string of the molecule is CC(C)C(C)(c1ccc(-c2cnc(N)nc2)cc1)c1noc(N2CCNCC2)n1. The molecule has 0 aliphatic carbocycles. The number of nitrogens with two attached hydrogens (primary N) is 1. The van der Waals surface area contributed by atoms with Crippen LogP contribution in [0.5, 0.6) is 0 Å². The van der Waals surface area contributed by atoms with E-state index in [2.05, 4.69) is 70.4 Å². The summed E-state index contributed by atoms with van der Waals surface area (Å²) in [6.45, 7) is 10.1. The van der Waals surface area contributed by atoms with Gasteiger partial charge in [0.1, 0.15) is 0 Å². The minimum Gasteiger partial charge on any atom is -0.368 e. The van der Waals surface area contributed by atoms with Gasteiger partial charge in [0.25, 0.3) is 0 Å². The molecule has 8 nitrogen and oxygen atoms in total. The van der Waals surface area contributed by atoms with E-state index in [1.165, 1.54) is 0 Å². The summed E-state index contributed by atoms with van der Waals surface area (Å²) in [4.78, 5) is 15.1. The Kier molecular flexibility index (Phi) is 5.19. The second-order valence-electron chi connectivity index (χ2n) is 7.90. The third-order valence-corrected chi connectivity index (χ3v) is 5.91. The Hall–Kier alpha value is -3.00. The lowest BCUT2D eigenvalue weighted by atomic mass is 9.72. The summed E-state index contributed by atoms with van der Waals surface area (Å²) < 4.78 is 5.63. The molecule has 1 aliphatic rings. The molecule has 3 aromatic rings. The Morgan fingerprint density at radius 2 is 1.72 bits per heavy atom. The quantitative estimate of drug-likeness (QED) is 0.681. The summed E-state index contributed by atoms with van der Waals surface area (Å²) in [5.74, 6) is 1.27. The van der Waals surface area contributed by atoms with Crippen LogP contribution in [0.2, 0.25) is 0 Å². The van der Waals surface area contributed by atoms with Crippen molar-refractivity contribution in [1.29, 1.82) is 0 Å².